The van der Waals surface area contributed by atoms with Crippen molar-refractivity contribution in [3.63, 3.8) is 0 Å². The van der Waals surface area contributed by atoms with E-state index in [1.54, 1.807) is 18.2 Å². The van der Waals surface area contributed by atoms with Crippen LogP contribution in [0.5, 0.6) is 11.5 Å². The second-order valence-electron chi connectivity index (χ2n) is 6.84. The molecule has 3 N–H and O–H groups in total. The molecular weight excluding hydrogens is 374 g/mol. The highest BCUT2D eigenvalue weighted by molar-refractivity contribution is 7.80. The summed E-state index contributed by atoms with van der Waals surface area (Å²) in [6.45, 7) is 8.13. The van der Waals surface area contributed by atoms with Crippen molar-refractivity contribution in [3.05, 3.63) is 53.6 Å². The summed E-state index contributed by atoms with van der Waals surface area (Å²) >= 11 is 5.22. The Morgan fingerprint density at radius 1 is 0.964 bits per heavy atom. The van der Waals surface area contributed by atoms with Gasteiger partial charge in [-0.3, -0.25) is 15.6 Å². The van der Waals surface area contributed by atoms with Crippen LogP contribution in [0.1, 0.15) is 49.5 Å². The molecule has 0 aromatic heterocycles. The third-order valence-electron chi connectivity index (χ3n) is 3.91. The predicted octanol–water partition coefficient (Wildman–Crippen LogP) is 4.24. The first-order chi connectivity index (χ1) is 13.3. The summed E-state index contributed by atoms with van der Waals surface area (Å²) in [6, 6.07) is 13.0. The second-order valence-corrected chi connectivity index (χ2v) is 7.25. The number of carbonyl (C=O) groups is 1. The van der Waals surface area contributed by atoms with Gasteiger partial charge in [-0.2, -0.15) is 0 Å². The van der Waals surface area contributed by atoms with Gasteiger partial charge < -0.3 is 14.8 Å². The van der Waals surface area contributed by atoms with Crippen molar-refractivity contribution in [1.29, 1.82) is 0 Å². The number of carbonyl (C=O) groups excluding carboxylic acids is 1. The molecule has 2 aromatic carbocycles. The summed E-state index contributed by atoms with van der Waals surface area (Å²) in [5, 5.41) is 3.32. The molecule has 0 aliphatic rings. The van der Waals surface area contributed by atoms with E-state index in [1.165, 1.54) is 12.7 Å². The molecule has 0 spiro atoms. The molecule has 7 heteroatoms. The molecular formula is C21H27N3O3S. The summed E-state index contributed by atoms with van der Waals surface area (Å²) in [5.74, 6) is 1.21. The van der Waals surface area contributed by atoms with Crippen LogP contribution >= 0.6 is 12.2 Å². The molecule has 0 aliphatic carbocycles. The van der Waals surface area contributed by atoms with Gasteiger partial charge in [-0.25, -0.2) is 0 Å². The number of hydrogen-bond donors (Lipinski definition) is 3. The van der Waals surface area contributed by atoms with Crippen LogP contribution in [0, 0.1) is 0 Å². The van der Waals surface area contributed by atoms with Gasteiger partial charge in [0.1, 0.15) is 0 Å². The summed E-state index contributed by atoms with van der Waals surface area (Å²) in [6.07, 6.45) is 0.00768. The maximum atomic E-state index is 12.4. The highest BCUT2D eigenvalue weighted by atomic mass is 32.1. The van der Waals surface area contributed by atoms with Crippen molar-refractivity contribution >= 4 is 28.9 Å². The van der Waals surface area contributed by atoms with Crippen molar-refractivity contribution in [2.45, 2.75) is 39.7 Å². The average Bonchev–Trinajstić information content (AvgIpc) is 2.66. The van der Waals surface area contributed by atoms with E-state index in [1.807, 2.05) is 38.1 Å². The van der Waals surface area contributed by atoms with Crippen LogP contribution in [-0.4, -0.2) is 24.2 Å². The van der Waals surface area contributed by atoms with Gasteiger partial charge in [0.15, 0.2) is 16.6 Å². The molecule has 6 nitrogen and oxygen atoms in total. The monoisotopic (exact) mass is 401 g/mol. The van der Waals surface area contributed by atoms with Gasteiger partial charge in [0.2, 0.25) is 0 Å². The number of anilines is 1. The predicted molar refractivity (Wildman–Crippen MR) is 116 cm³/mol. The number of rotatable bonds is 6. The van der Waals surface area contributed by atoms with Gasteiger partial charge in [-0.1, -0.05) is 26.0 Å². The quantitative estimate of drug-likeness (QED) is 0.497. The van der Waals surface area contributed by atoms with Crippen LogP contribution in [-0.2, 0) is 0 Å². The molecule has 0 fully saturated rings. The molecule has 0 atom stereocenters. The minimum absolute atomic E-state index is 0.00768. The molecule has 28 heavy (non-hydrogen) atoms. The fourth-order valence-electron chi connectivity index (χ4n) is 2.46. The Bertz CT molecular complexity index is 820. The van der Waals surface area contributed by atoms with E-state index in [0.29, 0.717) is 23.0 Å². The summed E-state index contributed by atoms with van der Waals surface area (Å²) in [5.41, 5.74) is 7.78. The van der Waals surface area contributed by atoms with Crippen molar-refractivity contribution in [1.82, 2.24) is 10.9 Å². The van der Waals surface area contributed by atoms with E-state index < -0.39 is 0 Å². The smallest absolute Gasteiger partial charge is 0.269 e. The largest absolute Gasteiger partial charge is 0.493 e. The lowest BCUT2D eigenvalue weighted by atomic mass is 10.0. The maximum Gasteiger partial charge on any atom is 0.269 e. The first kappa shape index (κ1) is 21.5. The number of methoxy groups -OCH3 is 1. The van der Waals surface area contributed by atoms with Crippen molar-refractivity contribution in [3.8, 4) is 11.5 Å². The zero-order valence-corrected chi connectivity index (χ0v) is 17.6. The van der Waals surface area contributed by atoms with E-state index >= 15 is 0 Å². The molecule has 0 saturated heterocycles. The maximum absolute atomic E-state index is 12.4. The molecule has 150 valence electrons. The molecule has 0 saturated carbocycles. The van der Waals surface area contributed by atoms with Crippen LogP contribution < -0.4 is 25.6 Å². The van der Waals surface area contributed by atoms with E-state index in [4.69, 9.17) is 21.7 Å². The van der Waals surface area contributed by atoms with Gasteiger partial charge in [-0.05, 0) is 67.9 Å². The third kappa shape index (κ3) is 6.13. The number of thiocarbonyl (C=S) groups is 1. The van der Waals surface area contributed by atoms with Gasteiger partial charge in [0.25, 0.3) is 5.91 Å². The van der Waals surface area contributed by atoms with Crippen LogP contribution in [0.2, 0.25) is 0 Å². The number of nitrogens with one attached hydrogen (secondary N) is 3. The van der Waals surface area contributed by atoms with Crippen molar-refractivity contribution < 1.29 is 14.3 Å². The van der Waals surface area contributed by atoms with Crippen LogP contribution in [0.15, 0.2) is 42.5 Å². The van der Waals surface area contributed by atoms with Crippen LogP contribution in [0.25, 0.3) is 0 Å². The zero-order chi connectivity index (χ0) is 20.7. The molecule has 0 radical (unpaired) electrons. The molecule has 0 heterocycles. The standard InChI is InChI=1S/C21H27N3O3S/c1-13(2)15-6-9-17(10-7-15)22-21(28)24-23-20(25)16-8-11-18(27-14(3)4)19(12-16)26-5/h6-14H,1-5H3,(H,23,25)(H2,22,24,28). The highest BCUT2D eigenvalue weighted by Crippen LogP contribution is 2.28. The average molecular weight is 402 g/mol. The minimum Gasteiger partial charge on any atom is -0.493 e. The first-order valence-electron chi connectivity index (χ1n) is 9.12. The fourth-order valence-corrected chi connectivity index (χ4v) is 2.63. The Morgan fingerprint density at radius 2 is 1.64 bits per heavy atom. The molecule has 1 amide bonds. The Hall–Kier alpha value is -2.80. The van der Waals surface area contributed by atoms with Gasteiger partial charge >= 0.3 is 0 Å². The third-order valence-corrected chi connectivity index (χ3v) is 4.12. The molecule has 2 rings (SSSR count). The van der Waals surface area contributed by atoms with Gasteiger partial charge in [-0.15, -0.1) is 0 Å². The topological polar surface area (TPSA) is 71.6 Å². The SMILES string of the molecule is COc1cc(C(=O)NNC(=S)Nc2ccc(C(C)C)cc2)ccc1OC(C)C. The van der Waals surface area contributed by atoms with Crippen molar-refractivity contribution in [2.24, 2.45) is 0 Å². The molecule has 2 aromatic rings. The Labute approximate surface area is 171 Å². The number of hydrogen-bond acceptors (Lipinski definition) is 4. The normalized spacial score (nSPS) is 10.5. The Kier molecular flexibility index (Phi) is 7.63. The zero-order valence-electron chi connectivity index (χ0n) is 16.8. The number of benzene rings is 2. The minimum atomic E-state index is -0.339. The summed E-state index contributed by atoms with van der Waals surface area (Å²) in [7, 11) is 1.53. The lowest BCUT2D eigenvalue weighted by molar-refractivity contribution is 0.0943. The summed E-state index contributed by atoms with van der Waals surface area (Å²) < 4.78 is 11.0. The van der Waals surface area contributed by atoms with Crippen LogP contribution in [0.4, 0.5) is 5.69 Å². The molecule has 0 aliphatic heterocycles. The van der Waals surface area contributed by atoms with E-state index in [0.717, 1.165) is 5.69 Å². The van der Waals surface area contributed by atoms with Gasteiger partial charge in [0, 0.05) is 11.3 Å². The van der Waals surface area contributed by atoms with Gasteiger partial charge in [0.05, 0.1) is 13.2 Å². The Morgan fingerprint density at radius 3 is 2.21 bits per heavy atom. The van der Waals surface area contributed by atoms with E-state index in [9.17, 15) is 4.79 Å². The fraction of sp³-hybridized carbons (Fsp3) is 0.333. The molecule has 0 bridgehead atoms. The lowest BCUT2D eigenvalue weighted by Gasteiger charge is -2.15. The van der Waals surface area contributed by atoms with Crippen LogP contribution in [0.3, 0.4) is 0 Å². The second kappa shape index (κ2) is 9.94. The number of hydrazine groups is 1. The lowest BCUT2D eigenvalue weighted by Crippen LogP contribution is -2.43. The van der Waals surface area contributed by atoms with E-state index in [-0.39, 0.29) is 17.1 Å². The Balaban J connectivity index is 1.93. The first-order valence-corrected chi connectivity index (χ1v) is 9.53. The van der Waals surface area contributed by atoms with Crippen molar-refractivity contribution in [2.75, 3.05) is 12.4 Å². The number of amides is 1. The van der Waals surface area contributed by atoms with E-state index in [2.05, 4.69) is 30.0 Å². The summed E-state index contributed by atoms with van der Waals surface area (Å²) in [4.78, 5) is 12.4. The number of ether oxygens (including phenoxy) is 2. The molecule has 0 unspecified atom stereocenters. The highest BCUT2D eigenvalue weighted by Gasteiger charge is 2.12.